The van der Waals surface area contributed by atoms with Gasteiger partial charge in [-0.2, -0.15) is 13.2 Å². The molecule has 3 rings (SSSR count). The number of nitrogens with two attached hydrogens (primary N) is 1. The van der Waals surface area contributed by atoms with Crippen molar-refractivity contribution in [3.63, 3.8) is 0 Å². The molecule has 1 aromatic heterocycles. The minimum atomic E-state index is -4.16. The molecule has 2 N–H and O–H groups in total. The molecule has 0 spiro atoms. The van der Waals surface area contributed by atoms with E-state index in [0.29, 0.717) is 42.9 Å². The Balaban J connectivity index is 1.74. The van der Waals surface area contributed by atoms with Gasteiger partial charge in [0, 0.05) is 26.2 Å². The molecule has 9 heteroatoms. The number of alkyl halides is 3. The standard InChI is InChI=1S/C12H14F3N5O/c13-12(14,15)7-19-3-5-20(6-4-19)9-2-1-8(16)10-11(9)18-21-17-10/h1-2H,3-7,16H2. The lowest BCUT2D eigenvalue weighted by atomic mass is 10.2. The van der Waals surface area contributed by atoms with E-state index in [1.807, 2.05) is 4.90 Å². The average molecular weight is 301 g/mol. The van der Waals surface area contributed by atoms with Gasteiger partial charge in [-0.3, -0.25) is 4.90 Å². The minimum Gasteiger partial charge on any atom is -0.397 e. The molecule has 0 amide bonds. The van der Waals surface area contributed by atoms with Crippen molar-refractivity contribution in [1.82, 2.24) is 15.2 Å². The van der Waals surface area contributed by atoms with Crippen molar-refractivity contribution in [3.05, 3.63) is 12.1 Å². The summed E-state index contributed by atoms with van der Waals surface area (Å²) in [4.78, 5) is 3.37. The van der Waals surface area contributed by atoms with E-state index in [1.54, 1.807) is 12.1 Å². The zero-order valence-electron chi connectivity index (χ0n) is 11.1. The van der Waals surface area contributed by atoms with Gasteiger partial charge in [0.05, 0.1) is 17.9 Å². The Morgan fingerprint density at radius 1 is 1.10 bits per heavy atom. The maximum atomic E-state index is 12.4. The highest BCUT2D eigenvalue weighted by Gasteiger charge is 2.32. The van der Waals surface area contributed by atoms with Crippen LogP contribution in [0.2, 0.25) is 0 Å². The van der Waals surface area contributed by atoms with E-state index < -0.39 is 12.7 Å². The lowest BCUT2D eigenvalue weighted by Gasteiger charge is -2.36. The summed E-state index contributed by atoms with van der Waals surface area (Å²) in [5.74, 6) is 0. The van der Waals surface area contributed by atoms with Crippen LogP contribution in [0.15, 0.2) is 16.8 Å². The summed E-state index contributed by atoms with van der Waals surface area (Å²) in [6.45, 7) is 0.792. The number of rotatable bonds is 2. The van der Waals surface area contributed by atoms with Crippen LogP contribution in [0.4, 0.5) is 24.5 Å². The first-order valence-corrected chi connectivity index (χ1v) is 6.49. The molecule has 1 aliphatic heterocycles. The Morgan fingerprint density at radius 2 is 1.76 bits per heavy atom. The Bertz CT molecular complexity index is 633. The lowest BCUT2D eigenvalue weighted by Crippen LogP contribution is -2.49. The maximum Gasteiger partial charge on any atom is 0.401 e. The minimum absolute atomic E-state index is 0.344. The lowest BCUT2D eigenvalue weighted by molar-refractivity contribution is -0.146. The molecule has 0 unspecified atom stereocenters. The quantitative estimate of drug-likeness (QED) is 0.847. The van der Waals surface area contributed by atoms with Gasteiger partial charge in [-0.25, -0.2) is 4.63 Å². The molecule has 0 atom stereocenters. The fraction of sp³-hybridized carbons (Fsp3) is 0.500. The van der Waals surface area contributed by atoms with Crippen molar-refractivity contribution < 1.29 is 17.8 Å². The molecule has 1 saturated heterocycles. The largest absolute Gasteiger partial charge is 0.401 e. The molecule has 0 saturated carbocycles. The fourth-order valence-electron chi connectivity index (χ4n) is 2.53. The van der Waals surface area contributed by atoms with Gasteiger partial charge < -0.3 is 10.6 Å². The smallest absolute Gasteiger partial charge is 0.397 e. The molecule has 0 radical (unpaired) electrons. The van der Waals surface area contributed by atoms with Gasteiger partial charge in [0.15, 0.2) is 11.0 Å². The van der Waals surface area contributed by atoms with Gasteiger partial charge in [0.1, 0.15) is 0 Å². The molecule has 2 aromatic rings. The van der Waals surface area contributed by atoms with Gasteiger partial charge in [0.2, 0.25) is 0 Å². The van der Waals surface area contributed by atoms with Crippen molar-refractivity contribution in [1.29, 1.82) is 0 Å². The number of benzene rings is 1. The summed E-state index contributed by atoms with van der Waals surface area (Å²) in [6.07, 6.45) is -4.16. The monoisotopic (exact) mass is 301 g/mol. The van der Waals surface area contributed by atoms with Gasteiger partial charge in [-0.15, -0.1) is 0 Å². The molecule has 1 aliphatic rings. The van der Waals surface area contributed by atoms with Crippen LogP contribution in [0.5, 0.6) is 0 Å². The summed E-state index contributed by atoms with van der Waals surface area (Å²) >= 11 is 0. The Kier molecular flexibility index (Phi) is 3.36. The van der Waals surface area contributed by atoms with E-state index in [-0.39, 0.29) is 0 Å². The van der Waals surface area contributed by atoms with Gasteiger partial charge >= 0.3 is 6.18 Å². The number of halogens is 3. The van der Waals surface area contributed by atoms with E-state index in [9.17, 15) is 13.2 Å². The number of hydrogen-bond acceptors (Lipinski definition) is 6. The third-order valence-electron chi connectivity index (χ3n) is 3.54. The van der Waals surface area contributed by atoms with Crippen LogP contribution >= 0.6 is 0 Å². The second-order valence-electron chi connectivity index (χ2n) is 5.01. The van der Waals surface area contributed by atoms with Gasteiger partial charge in [-0.05, 0) is 22.4 Å². The highest BCUT2D eigenvalue weighted by atomic mass is 19.4. The number of nitrogen functional groups attached to an aromatic ring is 1. The molecule has 1 aromatic carbocycles. The molecular formula is C12H14F3N5O. The third kappa shape index (κ3) is 2.87. The van der Waals surface area contributed by atoms with E-state index >= 15 is 0 Å². The Labute approximate surface area is 118 Å². The van der Waals surface area contributed by atoms with Crippen LogP contribution in [-0.2, 0) is 0 Å². The van der Waals surface area contributed by atoms with Crippen LogP contribution in [-0.4, -0.2) is 54.1 Å². The molecule has 1 fully saturated rings. The van der Waals surface area contributed by atoms with Crippen molar-refractivity contribution in [3.8, 4) is 0 Å². The number of piperazine rings is 1. The van der Waals surface area contributed by atoms with Crippen LogP contribution in [0, 0.1) is 0 Å². The topological polar surface area (TPSA) is 71.4 Å². The first kappa shape index (κ1) is 13.9. The summed E-state index contributed by atoms with van der Waals surface area (Å²) in [6, 6.07) is 3.49. The molecule has 6 nitrogen and oxygen atoms in total. The van der Waals surface area contributed by atoms with Crippen molar-refractivity contribution in [2.24, 2.45) is 0 Å². The van der Waals surface area contributed by atoms with Crippen molar-refractivity contribution in [2.45, 2.75) is 6.18 Å². The molecule has 0 aliphatic carbocycles. The van der Waals surface area contributed by atoms with E-state index in [4.69, 9.17) is 10.4 Å². The van der Waals surface area contributed by atoms with Crippen LogP contribution in [0.25, 0.3) is 11.0 Å². The molecule has 114 valence electrons. The molecular weight excluding hydrogens is 287 g/mol. The average Bonchev–Trinajstić information content (AvgIpc) is 2.89. The number of nitrogens with zero attached hydrogens (tertiary/aromatic N) is 4. The number of aromatic nitrogens is 2. The third-order valence-corrected chi connectivity index (χ3v) is 3.54. The highest BCUT2D eigenvalue weighted by molar-refractivity contribution is 5.95. The summed E-state index contributed by atoms with van der Waals surface area (Å²) in [5.41, 5.74) is 8.04. The van der Waals surface area contributed by atoms with E-state index in [1.165, 1.54) is 4.90 Å². The molecule has 21 heavy (non-hydrogen) atoms. The number of anilines is 2. The zero-order chi connectivity index (χ0) is 15.0. The molecule has 0 bridgehead atoms. The second kappa shape index (κ2) is 5.06. The fourth-order valence-corrected chi connectivity index (χ4v) is 2.53. The normalized spacial score (nSPS) is 17.6. The number of hydrogen-bond donors (Lipinski definition) is 1. The molecule has 2 heterocycles. The summed E-state index contributed by atoms with van der Waals surface area (Å²) in [5, 5.41) is 7.57. The van der Waals surface area contributed by atoms with Crippen LogP contribution < -0.4 is 10.6 Å². The summed E-state index contributed by atoms with van der Waals surface area (Å²) in [7, 11) is 0. The Morgan fingerprint density at radius 3 is 2.43 bits per heavy atom. The highest BCUT2D eigenvalue weighted by Crippen LogP contribution is 2.29. The van der Waals surface area contributed by atoms with E-state index in [2.05, 4.69) is 10.3 Å². The van der Waals surface area contributed by atoms with Gasteiger partial charge in [-0.1, -0.05) is 0 Å². The second-order valence-corrected chi connectivity index (χ2v) is 5.01. The van der Waals surface area contributed by atoms with E-state index in [0.717, 1.165) is 5.69 Å². The van der Waals surface area contributed by atoms with Crippen molar-refractivity contribution in [2.75, 3.05) is 43.4 Å². The van der Waals surface area contributed by atoms with Crippen molar-refractivity contribution >= 4 is 22.4 Å². The van der Waals surface area contributed by atoms with Crippen LogP contribution in [0.1, 0.15) is 0 Å². The van der Waals surface area contributed by atoms with Gasteiger partial charge in [0.25, 0.3) is 0 Å². The predicted octanol–water partition coefficient (Wildman–Crippen LogP) is 1.49. The zero-order valence-corrected chi connectivity index (χ0v) is 11.1. The predicted molar refractivity (Wildman–Crippen MR) is 70.9 cm³/mol. The number of fused-ring (bicyclic) bond motifs is 1. The first-order chi connectivity index (χ1) is 9.94. The summed E-state index contributed by atoms with van der Waals surface area (Å²) < 4.78 is 41.8. The maximum absolute atomic E-state index is 12.4. The van der Waals surface area contributed by atoms with Crippen LogP contribution in [0.3, 0.4) is 0 Å². The Hall–Kier alpha value is -2.03. The SMILES string of the molecule is Nc1ccc(N2CCN(CC(F)(F)F)CC2)c2nonc12. The first-order valence-electron chi connectivity index (χ1n) is 6.49.